The molecule has 0 spiro atoms. The smallest absolute Gasteiger partial charge is 0.195 e. The van der Waals surface area contributed by atoms with Crippen LogP contribution in [0.15, 0.2) is 267 Å². The van der Waals surface area contributed by atoms with E-state index in [4.69, 9.17) is 0 Å². The zero-order valence-corrected chi connectivity index (χ0v) is 37.2. The Morgan fingerprint density at radius 1 is 0.221 bits per heavy atom. The second kappa shape index (κ2) is 17.4. The SMILES string of the molecule is O=C1C(c2ccccc2)=c2c(c3ccc(-c4ccc(N(c5ccccc5)c5ccccc5)cc4)cc3c3cc(-c4ccc(N(c5ccccc5)c5ccccc5)cc4)ccc23)=C1c1ccccc1. The largest absolute Gasteiger partial charge is 0.311 e. The van der Waals surface area contributed by atoms with Crippen LogP contribution in [0.3, 0.4) is 0 Å². The molecule has 0 unspecified atom stereocenters. The molecule has 0 atom stereocenters. The van der Waals surface area contributed by atoms with Crippen LogP contribution in [-0.4, -0.2) is 5.78 Å². The Morgan fingerprint density at radius 3 is 0.794 bits per heavy atom. The average Bonchev–Trinajstić information content (AvgIpc) is 3.73. The molecule has 68 heavy (non-hydrogen) atoms. The van der Waals surface area contributed by atoms with Gasteiger partial charge in [-0.1, -0.05) is 182 Å². The molecular formula is C65H44N2O. The van der Waals surface area contributed by atoms with E-state index in [0.29, 0.717) is 0 Å². The van der Waals surface area contributed by atoms with E-state index in [9.17, 15) is 0 Å². The van der Waals surface area contributed by atoms with E-state index < -0.39 is 0 Å². The highest BCUT2D eigenvalue weighted by molar-refractivity contribution is 6.45. The van der Waals surface area contributed by atoms with Crippen molar-refractivity contribution in [2.24, 2.45) is 0 Å². The predicted octanol–water partition coefficient (Wildman–Crippen LogP) is 15.2. The van der Waals surface area contributed by atoms with Crippen molar-refractivity contribution in [1.29, 1.82) is 0 Å². The fraction of sp³-hybridized carbons (Fsp3) is 0. The number of ketones is 1. The highest BCUT2D eigenvalue weighted by Gasteiger charge is 2.29. The zero-order valence-electron chi connectivity index (χ0n) is 37.2. The maximum absolute atomic E-state index is 15.1. The molecule has 0 N–H and O–H groups in total. The van der Waals surface area contributed by atoms with Crippen LogP contribution in [0.2, 0.25) is 0 Å². The van der Waals surface area contributed by atoms with Gasteiger partial charge >= 0.3 is 0 Å². The fourth-order valence-electron chi connectivity index (χ4n) is 10.0. The summed E-state index contributed by atoms with van der Waals surface area (Å²) >= 11 is 0. The quantitative estimate of drug-likeness (QED) is 0.128. The van der Waals surface area contributed by atoms with Crippen molar-refractivity contribution in [3.05, 3.63) is 288 Å². The molecule has 0 radical (unpaired) electrons. The highest BCUT2D eigenvalue weighted by atomic mass is 16.1. The van der Waals surface area contributed by atoms with E-state index in [1.807, 2.05) is 36.4 Å². The van der Waals surface area contributed by atoms with Gasteiger partial charge in [-0.25, -0.2) is 0 Å². The van der Waals surface area contributed by atoms with Crippen molar-refractivity contribution >= 4 is 72.6 Å². The van der Waals surface area contributed by atoms with Gasteiger partial charge in [0.25, 0.3) is 0 Å². The molecular weight excluding hydrogens is 825 g/mol. The molecule has 0 saturated heterocycles. The lowest BCUT2D eigenvalue weighted by atomic mass is 9.91. The Balaban J connectivity index is 1.06. The molecule has 0 bridgehead atoms. The average molecular weight is 869 g/mol. The summed E-state index contributed by atoms with van der Waals surface area (Å²) in [5.74, 6) is 0.0494. The minimum Gasteiger partial charge on any atom is -0.311 e. The van der Waals surface area contributed by atoms with Gasteiger partial charge in [-0.3, -0.25) is 4.79 Å². The Hall–Kier alpha value is -9.05. The molecule has 320 valence electrons. The Morgan fingerprint density at radius 2 is 0.485 bits per heavy atom. The van der Waals surface area contributed by atoms with Gasteiger partial charge in [0.05, 0.1) is 0 Å². The van der Waals surface area contributed by atoms with Crippen molar-refractivity contribution in [3.63, 3.8) is 0 Å². The summed E-state index contributed by atoms with van der Waals surface area (Å²) in [6.07, 6.45) is 0. The summed E-state index contributed by atoms with van der Waals surface area (Å²) in [5, 5.41) is 6.29. The first-order chi connectivity index (χ1) is 33.7. The minimum atomic E-state index is 0.0494. The molecule has 3 nitrogen and oxygen atoms in total. The van der Waals surface area contributed by atoms with Crippen LogP contribution in [0, 0.1) is 0 Å². The van der Waals surface area contributed by atoms with Crippen molar-refractivity contribution < 1.29 is 4.79 Å². The molecule has 0 amide bonds. The first kappa shape index (κ1) is 40.5. The van der Waals surface area contributed by atoms with Crippen LogP contribution in [-0.2, 0) is 4.79 Å². The van der Waals surface area contributed by atoms with E-state index in [1.54, 1.807) is 0 Å². The van der Waals surface area contributed by atoms with Crippen LogP contribution in [0.5, 0.6) is 0 Å². The standard InChI is InChI=1S/C65H44N2O/c68-65-61(47-19-7-1-8-20-47)63-57-41-35-49(45-31-37-55(38-32-45)66(51-23-11-3-12-24-51)52-25-13-4-14-26-52)43-59(57)60-44-50(36-42-58(60)64(63)62(65)48-21-9-2-10-22-48)46-33-39-56(40-34-46)67(53-27-15-5-16-28-53)54-29-17-6-18-30-54/h1-44H. The van der Waals surface area contributed by atoms with Crippen LogP contribution in [0.25, 0.3) is 54.9 Å². The van der Waals surface area contributed by atoms with Crippen molar-refractivity contribution in [2.45, 2.75) is 0 Å². The summed E-state index contributed by atoms with van der Waals surface area (Å²) in [6, 6.07) is 93.7. The molecule has 3 heteroatoms. The summed E-state index contributed by atoms with van der Waals surface area (Å²) in [6.45, 7) is 0. The van der Waals surface area contributed by atoms with E-state index in [1.165, 1.54) is 0 Å². The van der Waals surface area contributed by atoms with Gasteiger partial charge in [0.15, 0.2) is 5.78 Å². The zero-order chi connectivity index (χ0) is 45.4. The number of benzene rings is 11. The number of nitrogens with zero attached hydrogens (tertiary/aromatic N) is 2. The lowest BCUT2D eigenvalue weighted by molar-refractivity contribution is -0.108. The normalized spacial score (nSPS) is 12.1. The highest BCUT2D eigenvalue weighted by Crippen LogP contribution is 2.39. The second-order valence-corrected chi connectivity index (χ2v) is 17.2. The Kier molecular flexibility index (Phi) is 10.3. The summed E-state index contributed by atoms with van der Waals surface area (Å²) in [4.78, 5) is 19.7. The number of hydrogen-bond acceptors (Lipinski definition) is 3. The van der Waals surface area contributed by atoms with Crippen LogP contribution in [0.4, 0.5) is 34.1 Å². The van der Waals surface area contributed by atoms with E-state index >= 15 is 4.79 Å². The van der Waals surface area contributed by atoms with E-state index in [0.717, 1.165) is 111 Å². The molecule has 11 aromatic carbocycles. The summed E-state index contributed by atoms with van der Waals surface area (Å²) in [7, 11) is 0. The monoisotopic (exact) mass is 868 g/mol. The second-order valence-electron chi connectivity index (χ2n) is 17.2. The van der Waals surface area contributed by atoms with Gasteiger partial charge in [-0.05, 0) is 140 Å². The first-order valence-electron chi connectivity index (χ1n) is 23.1. The van der Waals surface area contributed by atoms with E-state index in [2.05, 4.69) is 240 Å². The molecule has 1 aliphatic carbocycles. The third-order valence-corrected chi connectivity index (χ3v) is 13.2. The van der Waals surface area contributed by atoms with Crippen LogP contribution in [0.1, 0.15) is 11.1 Å². The Labute approximate surface area is 396 Å². The third kappa shape index (κ3) is 7.24. The number of rotatable bonds is 10. The van der Waals surface area contributed by atoms with Crippen LogP contribution < -0.4 is 20.2 Å². The van der Waals surface area contributed by atoms with Crippen molar-refractivity contribution in [1.82, 2.24) is 0 Å². The Bertz CT molecular complexity index is 3420. The minimum absolute atomic E-state index is 0.0494. The summed E-state index contributed by atoms with van der Waals surface area (Å²) < 4.78 is 0. The number of carbonyl (C=O) groups is 1. The third-order valence-electron chi connectivity index (χ3n) is 13.2. The number of anilines is 6. The molecule has 12 rings (SSSR count). The molecule has 0 aromatic heterocycles. The molecule has 0 fully saturated rings. The van der Waals surface area contributed by atoms with Gasteiger partial charge in [-0.2, -0.15) is 0 Å². The number of Topliss-reactive ketones (excluding diaryl/α,β-unsaturated/α-hetero) is 1. The maximum atomic E-state index is 15.1. The van der Waals surface area contributed by atoms with Crippen molar-refractivity contribution in [3.8, 4) is 22.3 Å². The van der Waals surface area contributed by atoms with E-state index in [-0.39, 0.29) is 5.78 Å². The predicted molar refractivity (Wildman–Crippen MR) is 284 cm³/mol. The lowest BCUT2D eigenvalue weighted by Gasteiger charge is -2.25. The van der Waals surface area contributed by atoms with Crippen LogP contribution >= 0.6 is 0 Å². The number of fused-ring (bicyclic) bond motifs is 6. The summed E-state index contributed by atoms with van der Waals surface area (Å²) in [5.41, 5.74) is 14.3. The number of para-hydroxylation sites is 4. The van der Waals surface area contributed by atoms with Gasteiger partial charge in [0.2, 0.25) is 0 Å². The molecule has 1 aliphatic rings. The molecule has 0 saturated carbocycles. The molecule has 0 aliphatic heterocycles. The first-order valence-corrected chi connectivity index (χ1v) is 23.1. The number of carbonyl (C=O) groups excluding carboxylic acids is 1. The molecule has 0 heterocycles. The fourth-order valence-corrected chi connectivity index (χ4v) is 10.0. The van der Waals surface area contributed by atoms with Crippen molar-refractivity contribution in [2.75, 3.05) is 9.80 Å². The molecule has 11 aromatic rings. The number of hydrogen-bond donors (Lipinski definition) is 0. The van der Waals surface area contributed by atoms with Gasteiger partial charge < -0.3 is 9.80 Å². The topological polar surface area (TPSA) is 23.6 Å². The van der Waals surface area contributed by atoms with Gasteiger partial charge in [-0.15, -0.1) is 0 Å². The van der Waals surface area contributed by atoms with Gasteiger partial charge in [0.1, 0.15) is 0 Å². The van der Waals surface area contributed by atoms with Gasteiger partial charge in [0, 0.05) is 55.7 Å². The lowest BCUT2D eigenvalue weighted by Crippen LogP contribution is -2.27. The maximum Gasteiger partial charge on any atom is 0.195 e.